The molecule has 1 heterocycles. The second-order valence-corrected chi connectivity index (χ2v) is 18.2. The summed E-state index contributed by atoms with van der Waals surface area (Å²) in [6, 6.07) is 7.34. The molecule has 12 nitrogen and oxygen atoms in total. The van der Waals surface area contributed by atoms with E-state index >= 15 is 0 Å². The van der Waals surface area contributed by atoms with Gasteiger partial charge >= 0.3 is 6.09 Å². The summed E-state index contributed by atoms with van der Waals surface area (Å²) in [7, 11) is 0. The second kappa shape index (κ2) is 22.0. The molecule has 0 spiro atoms. The van der Waals surface area contributed by atoms with E-state index in [1.165, 1.54) is 17.3 Å². The molecule has 308 valence electrons. The monoisotopic (exact) mass is 778 g/mol. The van der Waals surface area contributed by atoms with Gasteiger partial charge in [-0.2, -0.15) is 11.8 Å². The maximum absolute atomic E-state index is 13.8. The number of nitrogens with two attached hydrogens (primary N) is 1. The highest BCUT2D eigenvalue weighted by atomic mass is 32.2. The molecule has 0 unspecified atom stereocenters. The van der Waals surface area contributed by atoms with Gasteiger partial charge in [-0.05, 0) is 101 Å². The van der Waals surface area contributed by atoms with Crippen LogP contribution in [0.1, 0.15) is 107 Å². The van der Waals surface area contributed by atoms with Crippen LogP contribution in [0.4, 0.5) is 4.79 Å². The molecule has 0 aliphatic carbocycles. The molecule has 4 amide bonds. The lowest BCUT2D eigenvalue weighted by Gasteiger charge is -2.45. The molecule has 1 fully saturated rings. The van der Waals surface area contributed by atoms with Gasteiger partial charge in [0.05, 0.1) is 18.2 Å². The van der Waals surface area contributed by atoms with Gasteiger partial charge in [0.1, 0.15) is 23.4 Å². The van der Waals surface area contributed by atoms with Crippen molar-refractivity contribution >= 4 is 35.6 Å². The van der Waals surface area contributed by atoms with E-state index in [-0.39, 0.29) is 30.1 Å². The first-order valence-corrected chi connectivity index (χ1v) is 21.1. The first-order chi connectivity index (χ1) is 25.1. The average molecular weight is 778 g/mol. The lowest BCUT2D eigenvalue weighted by Crippen LogP contribution is -2.65. The summed E-state index contributed by atoms with van der Waals surface area (Å²) in [6.45, 7) is 19.1. The van der Waals surface area contributed by atoms with Crippen LogP contribution in [0.5, 0.6) is 0 Å². The molecule has 1 aromatic carbocycles. The molecule has 0 saturated carbocycles. The molecular formula is C41H71N5O7S. The Morgan fingerprint density at radius 1 is 0.926 bits per heavy atom. The molecule has 0 aromatic heterocycles. The molecule has 7 N–H and O–H groups in total. The normalized spacial score (nSPS) is 21.1. The number of ether oxygens (including phenoxy) is 2. The van der Waals surface area contributed by atoms with Crippen LogP contribution >= 0.6 is 11.8 Å². The molecule has 0 radical (unpaired) electrons. The number of nitrogens with one attached hydrogen (secondary N) is 4. The third kappa shape index (κ3) is 16.1. The number of hydrogen-bond acceptors (Lipinski definition) is 9. The Hall–Kier alpha value is -2.87. The number of benzene rings is 1. The summed E-state index contributed by atoms with van der Waals surface area (Å²) in [6.07, 6.45) is 3.42. The SMILES string of the molecule is CSCC[C@H](NC(=O)[C@@H](NC(=O)OC(C)(C)C)C(C)C)C(=O)N[C@@H](CC(C)C)[C@@H](O)C[C@@H](C)C(=O)N[C@@H](C(C)C)[C@]1(N)C[C@H](Cc2ccccc2)CCO1. The maximum Gasteiger partial charge on any atom is 0.408 e. The molecule has 54 heavy (non-hydrogen) atoms. The van der Waals surface area contributed by atoms with Crippen molar-refractivity contribution in [1.29, 1.82) is 0 Å². The summed E-state index contributed by atoms with van der Waals surface area (Å²) < 4.78 is 11.6. The van der Waals surface area contributed by atoms with Gasteiger partial charge in [0.25, 0.3) is 0 Å². The van der Waals surface area contributed by atoms with Gasteiger partial charge in [-0.1, -0.05) is 78.8 Å². The summed E-state index contributed by atoms with van der Waals surface area (Å²) in [5, 5.41) is 23.2. The van der Waals surface area contributed by atoms with E-state index in [2.05, 4.69) is 33.4 Å². The first kappa shape index (κ1) is 47.3. The Morgan fingerprint density at radius 3 is 2.13 bits per heavy atom. The lowest BCUT2D eigenvalue weighted by molar-refractivity contribution is -0.142. The zero-order chi connectivity index (χ0) is 40.8. The highest BCUT2D eigenvalue weighted by Crippen LogP contribution is 2.33. The van der Waals surface area contributed by atoms with Crippen molar-refractivity contribution < 1.29 is 33.8 Å². The summed E-state index contributed by atoms with van der Waals surface area (Å²) in [5.74, 6) is -1.07. The van der Waals surface area contributed by atoms with Gasteiger partial charge in [-0.15, -0.1) is 0 Å². The first-order valence-electron chi connectivity index (χ1n) is 19.7. The smallest absolute Gasteiger partial charge is 0.408 e. The molecule has 1 aliphatic rings. The Bertz CT molecular complexity index is 1320. The van der Waals surface area contributed by atoms with Crippen LogP contribution in [0.2, 0.25) is 0 Å². The van der Waals surface area contributed by atoms with Crippen molar-refractivity contribution in [3.05, 3.63) is 35.9 Å². The average Bonchev–Trinajstić information content (AvgIpc) is 3.06. The molecular weight excluding hydrogens is 707 g/mol. The predicted octanol–water partition coefficient (Wildman–Crippen LogP) is 5.16. The molecule has 0 bridgehead atoms. The Morgan fingerprint density at radius 2 is 1.57 bits per heavy atom. The maximum atomic E-state index is 13.8. The lowest BCUT2D eigenvalue weighted by atomic mass is 9.80. The van der Waals surface area contributed by atoms with Crippen molar-refractivity contribution in [1.82, 2.24) is 21.3 Å². The quantitative estimate of drug-likeness (QED) is 0.104. The third-order valence-electron chi connectivity index (χ3n) is 9.79. The minimum atomic E-state index is -1.04. The molecule has 1 saturated heterocycles. The van der Waals surface area contributed by atoms with E-state index in [4.69, 9.17) is 15.2 Å². The fraction of sp³-hybridized carbons (Fsp3) is 0.756. The highest BCUT2D eigenvalue weighted by molar-refractivity contribution is 7.98. The second-order valence-electron chi connectivity index (χ2n) is 17.2. The largest absolute Gasteiger partial charge is 0.444 e. The van der Waals surface area contributed by atoms with E-state index in [0.29, 0.717) is 37.5 Å². The number of rotatable bonds is 20. The number of thioether (sulfide) groups is 1. The zero-order valence-corrected chi connectivity index (χ0v) is 35.5. The van der Waals surface area contributed by atoms with Crippen LogP contribution < -0.4 is 27.0 Å². The third-order valence-corrected chi connectivity index (χ3v) is 10.4. The Labute approximate surface area is 329 Å². The van der Waals surface area contributed by atoms with Gasteiger partial charge in [0.15, 0.2) is 0 Å². The summed E-state index contributed by atoms with van der Waals surface area (Å²) >= 11 is 1.54. The Kier molecular flexibility index (Phi) is 19.3. The number of hydrogen-bond donors (Lipinski definition) is 6. The molecule has 8 atom stereocenters. The van der Waals surface area contributed by atoms with E-state index in [0.717, 1.165) is 12.8 Å². The minimum Gasteiger partial charge on any atom is -0.444 e. The minimum absolute atomic E-state index is 0.0115. The van der Waals surface area contributed by atoms with Crippen LogP contribution in [-0.2, 0) is 30.3 Å². The van der Waals surface area contributed by atoms with Crippen molar-refractivity contribution in [2.45, 2.75) is 149 Å². The van der Waals surface area contributed by atoms with E-state index in [1.54, 1.807) is 41.5 Å². The van der Waals surface area contributed by atoms with Gasteiger partial charge in [0.2, 0.25) is 17.7 Å². The van der Waals surface area contributed by atoms with Crippen molar-refractivity contribution in [3.8, 4) is 0 Å². The van der Waals surface area contributed by atoms with Crippen molar-refractivity contribution in [3.63, 3.8) is 0 Å². The number of carbonyl (C=O) groups excluding carboxylic acids is 4. The number of alkyl carbamates (subject to hydrolysis) is 1. The van der Waals surface area contributed by atoms with Crippen LogP contribution in [0, 0.1) is 29.6 Å². The van der Waals surface area contributed by atoms with E-state index in [9.17, 15) is 24.3 Å². The van der Waals surface area contributed by atoms with E-state index in [1.807, 2.05) is 52.1 Å². The van der Waals surface area contributed by atoms with Crippen LogP contribution in [0.25, 0.3) is 0 Å². The van der Waals surface area contributed by atoms with Gasteiger partial charge in [-0.25, -0.2) is 4.79 Å². The molecule has 1 aliphatic heterocycles. The number of amides is 4. The highest BCUT2D eigenvalue weighted by Gasteiger charge is 2.44. The van der Waals surface area contributed by atoms with Gasteiger partial charge in [-0.3, -0.25) is 14.4 Å². The van der Waals surface area contributed by atoms with E-state index < -0.39 is 65.4 Å². The molecule has 2 rings (SSSR count). The van der Waals surface area contributed by atoms with Crippen LogP contribution in [0.3, 0.4) is 0 Å². The summed E-state index contributed by atoms with van der Waals surface area (Å²) in [4.78, 5) is 53.5. The molecule has 13 heteroatoms. The van der Waals surface area contributed by atoms with Crippen LogP contribution in [0.15, 0.2) is 30.3 Å². The van der Waals surface area contributed by atoms with Crippen molar-refractivity contribution in [2.24, 2.45) is 35.3 Å². The fourth-order valence-electron chi connectivity index (χ4n) is 6.99. The fourth-order valence-corrected chi connectivity index (χ4v) is 7.46. The number of carbonyl (C=O) groups is 4. The van der Waals surface area contributed by atoms with Crippen molar-refractivity contribution in [2.75, 3.05) is 18.6 Å². The van der Waals surface area contributed by atoms with Gasteiger partial charge < -0.3 is 41.6 Å². The summed E-state index contributed by atoms with van der Waals surface area (Å²) in [5.41, 5.74) is 6.41. The predicted molar refractivity (Wildman–Crippen MR) is 217 cm³/mol. The number of aliphatic hydroxyl groups is 1. The van der Waals surface area contributed by atoms with Gasteiger partial charge in [0, 0.05) is 12.5 Å². The zero-order valence-electron chi connectivity index (χ0n) is 34.7. The molecule has 1 aromatic rings. The number of aliphatic hydroxyl groups excluding tert-OH is 1. The topological polar surface area (TPSA) is 181 Å². The standard InChI is InChI=1S/C41H71N5O7S/c1-25(2)21-32(44-37(49)31(18-20-54-11)43-38(50)34(26(3)4)45-39(51)53-40(8,9)10)33(47)22-28(7)36(48)46-35(27(5)6)41(42)24-30(17-19-52-41)23-29-15-13-12-14-16-29/h12-16,25-28,30-35,47H,17-24,42H2,1-11H3,(H,43,50)(H,44,49)(H,45,51)(H,46,48)/t28-,30+,31+,32+,33+,34+,35+,41+/m1/s1. The van der Waals surface area contributed by atoms with Crippen LogP contribution in [-0.4, -0.2) is 89.1 Å². The Balaban J connectivity index is 2.14.